The summed E-state index contributed by atoms with van der Waals surface area (Å²) in [7, 11) is 1.71. The Morgan fingerprint density at radius 2 is 1.96 bits per heavy atom. The van der Waals surface area contributed by atoms with E-state index in [0.717, 1.165) is 5.69 Å². The first-order chi connectivity index (χ1) is 13.0. The number of carbonyl (C=O) groups is 1. The Balaban J connectivity index is 1.60. The SMILES string of the molecule is CN1C(=O)C(Sc2cc(F)cc(C3(Cl)CCOCC3)c2)Oc2ccccc21. The van der Waals surface area contributed by atoms with Crippen LogP contribution in [0.4, 0.5) is 10.1 Å². The summed E-state index contributed by atoms with van der Waals surface area (Å²) in [6, 6.07) is 12.1. The molecule has 2 aliphatic heterocycles. The third-order valence-corrected chi connectivity index (χ3v) is 6.53. The molecular formula is C20H19ClFNO3S. The van der Waals surface area contributed by atoms with Gasteiger partial charge in [-0.1, -0.05) is 23.9 Å². The molecule has 27 heavy (non-hydrogen) atoms. The first-order valence-corrected chi connectivity index (χ1v) is 10.00. The molecule has 7 heteroatoms. The number of amides is 1. The van der Waals surface area contributed by atoms with E-state index in [0.29, 0.717) is 42.3 Å². The number of likely N-dealkylation sites (N-methyl/N-ethyl adjacent to an activating group) is 1. The molecule has 0 aromatic heterocycles. The van der Waals surface area contributed by atoms with Gasteiger partial charge in [0.25, 0.3) is 5.91 Å². The Morgan fingerprint density at radius 3 is 2.74 bits per heavy atom. The van der Waals surface area contributed by atoms with Gasteiger partial charge < -0.3 is 14.4 Å². The second kappa shape index (κ2) is 7.34. The first-order valence-electron chi connectivity index (χ1n) is 8.74. The normalized spacial score (nSPS) is 21.5. The van der Waals surface area contributed by atoms with Crippen molar-refractivity contribution in [3.63, 3.8) is 0 Å². The Kier molecular flexibility index (Phi) is 5.05. The standard InChI is InChI=1S/C20H19ClFNO3S/c1-23-16-4-2-3-5-17(16)26-19(18(23)24)27-15-11-13(10-14(22)12-15)20(21)6-8-25-9-7-20/h2-5,10-12,19H,6-9H2,1H3. The number of ether oxygens (including phenoxy) is 2. The molecule has 2 heterocycles. The maximum Gasteiger partial charge on any atom is 0.278 e. The summed E-state index contributed by atoms with van der Waals surface area (Å²) >= 11 is 7.93. The Bertz CT molecular complexity index is 872. The number of fused-ring (bicyclic) bond motifs is 1. The maximum atomic E-state index is 14.3. The van der Waals surface area contributed by atoms with Gasteiger partial charge >= 0.3 is 0 Å². The number of thioether (sulfide) groups is 1. The van der Waals surface area contributed by atoms with Gasteiger partial charge in [-0.2, -0.15) is 0 Å². The number of nitrogens with zero attached hydrogens (tertiary/aromatic N) is 1. The molecule has 1 saturated heterocycles. The maximum absolute atomic E-state index is 14.3. The predicted molar refractivity (Wildman–Crippen MR) is 104 cm³/mol. The molecule has 0 N–H and O–H groups in total. The number of carbonyl (C=O) groups excluding carboxylic acids is 1. The van der Waals surface area contributed by atoms with Crippen molar-refractivity contribution < 1.29 is 18.7 Å². The van der Waals surface area contributed by atoms with Gasteiger partial charge in [0.2, 0.25) is 5.44 Å². The number of hydrogen-bond donors (Lipinski definition) is 0. The van der Waals surface area contributed by atoms with Crippen LogP contribution in [-0.4, -0.2) is 31.6 Å². The molecule has 0 spiro atoms. The van der Waals surface area contributed by atoms with Crippen LogP contribution in [0.15, 0.2) is 47.4 Å². The zero-order valence-electron chi connectivity index (χ0n) is 14.8. The minimum atomic E-state index is -0.777. The highest BCUT2D eigenvalue weighted by molar-refractivity contribution is 8.00. The number of halogens is 2. The summed E-state index contributed by atoms with van der Waals surface area (Å²) in [5.41, 5.74) is 0.661. The summed E-state index contributed by atoms with van der Waals surface area (Å²) in [6.07, 6.45) is 1.24. The lowest BCUT2D eigenvalue weighted by atomic mass is 9.90. The fraction of sp³-hybridized carbons (Fsp3) is 0.350. The molecule has 1 fully saturated rings. The van der Waals surface area contributed by atoms with E-state index in [1.165, 1.54) is 23.9 Å². The van der Waals surface area contributed by atoms with Gasteiger partial charge in [0, 0.05) is 25.2 Å². The predicted octanol–water partition coefficient (Wildman–Crippen LogP) is 4.54. The Hall–Kier alpha value is -1.76. The minimum absolute atomic E-state index is 0.184. The number of benzene rings is 2. The van der Waals surface area contributed by atoms with E-state index in [-0.39, 0.29) is 11.7 Å². The van der Waals surface area contributed by atoms with Crippen LogP contribution >= 0.6 is 23.4 Å². The van der Waals surface area contributed by atoms with Crippen LogP contribution in [0.5, 0.6) is 5.75 Å². The molecule has 1 unspecified atom stereocenters. The van der Waals surface area contributed by atoms with Crippen LogP contribution in [0, 0.1) is 5.82 Å². The van der Waals surface area contributed by atoms with Crippen molar-refractivity contribution in [1.82, 2.24) is 0 Å². The van der Waals surface area contributed by atoms with Gasteiger partial charge in [-0.05, 0) is 48.7 Å². The fourth-order valence-corrected chi connectivity index (χ4v) is 4.64. The van der Waals surface area contributed by atoms with E-state index in [1.54, 1.807) is 11.9 Å². The number of para-hydroxylation sites is 2. The zero-order valence-corrected chi connectivity index (χ0v) is 16.4. The summed E-state index contributed by atoms with van der Waals surface area (Å²) in [5.74, 6) is 0.0710. The Morgan fingerprint density at radius 1 is 1.22 bits per heavy atom. The number of alkyl halides is 1. The van der Waals surface area contributed by atoms with Crippen LogP contribution in [0.1, 0.15) is 18.4 Å². The molecule has 1 atom stereocenters. The van der Waals surface area contributed by atoms with Gasteiger partial charge in [0.1, 0.15) is 11.6 Å². The van der Waals surface area contributed by atoms with Crippen molar-refractivity contribution in [2.75, 3.05) is 25.2 Å². The zero-order chi connectivity index (χ0) is 19.0. The van der Waals surface area contributed by atoms with E-state index in [2.05, 4.69) is 0 Å². The summed E-state index contributed by atoms with van der Waals surface area (Å²) in [5, 5.41) is 0. The van der Waals surface area contributed by atoms with Crippen molar-refractivity contribution >= 4 is 35.0 Å². The highest BCUT2D eigenvalue weighted by atomic mass is 35.5. The molecule has 2 aromatic carbocycles. The topological polar surface area (TPSA) is 38.8 Å². The molecule has 0 radical (unpaired) electrons. The van der Waals surface area contributed by atoms with Crippen LogP contribution in [-0.2, 0) is 14.4 Å². The van der Waals surface area contributed by atoms with Crippen LogP contribution in [0.2, 0.25) is 0 Å². The highest BCUT2D eigenvalue weighted by Gasteiger charge is 2.35. The second-order valence-corrected chi connectivity index (χ2v) is 8.54. The van der Waals surface area contributed by atoms with Gasteiger partial charge in [-0.3, -0.25) is 4.79 Å². The Labute approximate surface area is 166 Å². The molecule has 0 aliphatic carbocycles. The highest BCUT2D eigenvalue weighted by Crippen LogP contribution is 2.42. The van der Waals surface area contributed by atoms with Crippen molar-refractivity contribution in [2.24, 2.45) is 0 Å². The largest absolute Gasteiger partial charge is 0.467 e. The van der Waals surface area contributed by atoms with Gasteiger partial charge in [-0.15, -0.1) is 11.6 Å². The lowest BCUT2D eigenvalue weighted by Crippen LogP contribution is -2.41. The molecular weight excluding hydrogens is 389 g/mol. The van der Waals surface area contributed by atoms with E-state index >= 15 is 0 Å². The van der Waals surface area contributed by atoms with Crippen LogP contribution in [0.3, 0.4) is 0 Å². The van der Waals surface area contributed by atoms with Crippen molar-refractivity contribution in [1.29, 1.82) is 0 Å². The van der Waals surface area contributed by atoms with Gasteiger partial charge in [0.15, 0.2) is 0 Å². The van der Waals surface area contributed by atoms with E-state index in [1.807, 2.05) is 30.3 Å². The fourth-order valence-electron chi connectivity index (χ4n) is 3.35. The summed E-state index contributed by atoms with van der Waals surface area (Å²) in [4.78, 5) is 14.2. The minimum Gasteiger partial charge on any atom is -0.467 e. The van der Waals surface area contributed by atoms with E-state index in [9.17, 15) is 9.18 Å². The smallest absolute Gasteiger partial charge is 0.278 e. The molecule has 4 nitrogen and oxygen atoms in total. The molecule has 2 aromatic rings. The summed E-state index contributed by atoms with van der Waals surface area (Å²) < 4.78 is 25.5. The van der Waals surface area contributed by atoms with Crippen molar-refractivity contribution in [2.45, 2.75) is 28.0 Å². The molecule has 2 aliphatic rings. The second-order valence-electron chi connectivity index (χ2n) is 6.69. The molecule has 142 valence electrons. The average molecular weight is 408 g/mol. The lowest BCUT2D eigenvalue weighted by Gasteiger charge is -2.33. The monoisotopic (exact) mass is 407 g/mol. The quantitative estimate of drug-likeness (QED) is 0.700. The lowest BCUT2D eigenvalue weighted by molar-refractivity contribution is -0.122. The van der Waals surface area contributed by atoms with Crippen molar-refractivity contribution in [3.05, 3.63) is 53.8 Å². The van der Waals surface area contributed by atoms with E-state index < -0.39 is 10.3 Å². The van der Waals surface area contributed by atoms with Crippen LogP contribution < -0.4 is 9.64 Å². The third kappa shape index (κ3) is 3.66. The first kappa shape index (κ1) is 18.6. The average Bonchev–Trinajstić information content (AvgIpc) is 2.66. The molecule has 0 bridgehead atoms. The van der Waals surface area contributed by atoms with Gasteiger partial charge in [0.05, 0.1) is 10.6 Å². The molecule has 1 amide bonds. The van der Waals surface area contributed by atoms with Crippen LogP contribution in [0.25, 0.3) is 0 Å². The van der Waals surface area contributed by atoms with Crippen molar-refractivity contribution in [3.8, 4) is 5.75 Å². The third-order valence-electron chi connectivity index (χ3n) is 4.91. The van der Waals surface area contributed by atoms with E-state index in [4.69, 9.17) is 21.1 Å². The number of anilines is 1. The number of rotatable bonds is 3. The molecule has 4 rings (SSSR count). The summed E-state index contributed by atoms with van der Waals surface area (Å²) in [6.45, 7) is 1.10. The molecule has 0 saturated carbocycles. The number of hydrogen-bond acceptors (Lipinski definition) is 4. The van der Waals surface area contributed by atoms with Gasteiger partial charge in [-0.25, -0.2) is 4.39 Å².